The van der Waals surface area contributed by atoms with Crippen LogP contribution in [-0.2, 0) is 15.3 Å². The number of rotatable bonds is 3. The van der Waals surface area contributed by atoms with Crippen molar-refractivity contribution in [3.05, 3.63) is 34.9 Å². The number of nitrogens with zero attached hydrogens (tertiary/aromatic N) is 1. The molecular weight excluding hydrogens is 294 g/mol. The molecule has 0 atom stereocenters. The van der Waals surface area contributed by atoms with Crippen molar-refractivity contribution in [2.45, 2.75) is 24.7 Å². The molecule has 0 aromatic heterocycles. The Morgan fingerprint density at radius 1 is 1.10 bits per heavy atom. The summed E-state index contributed by atoms with van der Waals surface area (Å²) < 4.78 is 23.0. The molecule has 3 rings (SSSR count). The van der Waals surface area contributed by atoms with Gasteiger partial charge in [-0.3, -0.25) is 0 Å². The van der Waals surface area contributed by atoms with Gasteiger partial charge in [-0.25, -0.2) is 8.42 Å². The van der Waals surface area contributed by atoms with Gasteiger partial charge in [0.25, 0.3) is 0 Å². The molecule has 110 valence electrons. The predicted molar refractivity (Wildman–Crippen MR) is 82.1 cm³/mol. The van der Waals surface area contributed by atoms with Crippen LogP contribution < -0.4 is 0 Å². The quantitative estimate of drug-likeness (QED) is 0.860. The topological polar surface area (TPSA) is 37.4 Å². The Morgan fingerprint density at radius 2 is 1.70 bits per heavy atom. The van der Waals surface area contributed by atoms with Gasteiger partial charge in [-0.05, 0) is 30.5 Å². The molecule has 0 amide bonds. The molecule has 0 spiro atoms. The van der Waals surface area contributed by atoms with Crippen molar-refractivity contribution < 1.29 is 8.42 Å². The van der Waals surface area contributed by atoms with E-state index in [4.69, 9.17) is 11.6 Å². The fourth-order valence-electron chi connectivity index (χ4n) is 3.28. The van der Waals surface area contributed by atoms with Crippen LogP contribution in [0, 0.1) is 0 Å². The molecular formula is C15H20ClNO2S. The minimum Gasteiger partial charge on any atom is -0.300 e. The number of hydrogen-bond acceptors (Lipinski definition) is 3. The monoisotopic (exact) mass is 313 g/mol. The van der Waals surface area contributed by atoms with Crippen LogP contribution in [0.1, 0.15) is 24.8 Å². The lowest BCUT2D eigenvalue weighted by Gasteiger charge is -2.46. The Morgan fingerprint density at radius 3 is 2.20 bits per heavy atom. The van der Waals surface area contributed by atoms with E-state index in [0.717, 1.165) is 11.6 Å². The van der Waals surface area contributed by atoms with Crippen LogP contribution in [0.25, 0.3) is 0 Å². The molecule has 0 unspecified atom stereocenters. The summed E-state index contributed by atoms with van der Waals surface area (Å²) in [6, 6.07) is 8.17. The summed E-state index contributed by atoms with van der Waals surface area (Å²) in [5.41, 5.74) is 1.56. The first-order valence-corrected chi connectivity index (χ1v) is 9.38. The lowest BCUT2D eigenvalue weighted by atomic mass is 9.64. The SMILES string of the molecule is O=S1(=O)CCN(CC2(c3ccc(Cl)cc3)CCC2)CC1. The van der Waals surface area contributed by atoms with Crippen LogP contribution in [0.4, 0.5) is 0 Å². The van der Waals surface area contributed by atoms with Gasteiger partial charge >= 0.3 is 0 Å². The van der Waals surface area contributed by atoms with Crippen molar-refractivity contribution in [1.82, 2.24) is 4.90 Å². The molecule has 0 bridgehead atoms. The molecule has 0 N–H and O–H groups in total. The van der Waals surface area contributed by atoms with Crippen molar-refractivity contribution in [2.24, 2.45) is 0 Å². The first kappa shape index (κ1) is 14.4. The summed E-state index contributed by atoms with van der Waals surface area (Å²) in [5.74, 6) is 0.618. The van der Waals surface area contributed by atoms with E-state index < -0.39 is 9.84 Å². The van der Waals surface area contributed by atoms with Crippen molar-refractivity contribution in [3.8, 4) is 0 Å². The standard InChI is InChI=1S/C15H20ClNO2S/c16-14-4-2-13(3-5-14)15(6-1-7-15)12-17-8-10-20(18,19)11-9-17/h2-5H,1,6-12H2. The van der Waals surface area contributed by atoms with Gasteiger partial charge in [0.15, 0.2) is 9.84 Å². The lowest BCUT2D eigenvalue weighted by molar-refractivity contribution is 0.146. The molecule has 2 aliphatic rings. The van der Waals surface area contributed by atoms with Crippen molar-refractivity contribution in [1.29, 1.82) is 0 Å². The molecule has 1 saturated heterocycles. The zero-order valence-electron chi connectivity index (χ0n) is 11.5. The van der Waals surface area contributed by atoms with Crippen LogP contribution in [0.5, 0.6) is 0 Å². The van der Waals surface area contributed by atoms with E-state index in [1.807, 2.05) is 12.1 Å². The summed E-state index contributed by atoms with van der Waals surface area (Å²) in [6.45, 7) is 2.33. The Balaban J connectivity index is 1.72. The van der Waals surface area contributed by atoms with E-state index in [0.29, 0.717) is 24.6 Å². The second-order valence-corrected chi connectivity index (χ2v) is 8.81. The van der Waals surface area contributed by atoms with Crippen LogP contribution in [0.3, 0.4) is 0 Å². The molecule has 2 fully saturated rings. The summed E-state index contributed by atoms with van der Waals surface area (Å²) in [5, 5.41) is 0.771. The highest BCUT2D eigenvalue weighted by Crippen LogP contribution is 2.44. The zero-order valence-corrected chi connectivity index (χ0v) is 13.1. The second kappa shape index (κ2) is 5.32. The Kier molecular flexibility index (Phi) is 3.82. The van der Waals surface area contributed by atoms with Gasteiger partial charge in [0, 0.05) is 30.1 Å². The largest absolute Gasteiger partial charge is 0.300 e. The van der Waals surface area contributed by atoms with Crippen LogP contribution in [0.15, 0.2) is 24.3 Å². The fraction of sp³-hybridized carbons (Fsp3) is 0.600. The zero-order chi connectivity index (χ0) is 14.2. The van der Waals surface area contributed by atoms with Gasteiger partial charge in [0.2, 0.25) is 0 Å². The molecule has 1 aliphatic carbocycles. The molecule has 1 aromatic carbocycles. The van der Waals surface area contributed by atoms with E-state index >= 15 is 0 Å². The van der Waals surface area contributed by atoms with Crippen LogP contribution in [0.2, 0.25) is 5.02 Å². The Hall–Kier alpha value is -0.580. The first-order chi connectivity index (χ1) is 9.49. The highest BCUT2D eigenvalue weighted by Gasteiger charge is 2.40. The molecule has 5 heteroatoms. The highest BCUT2D eigenvalue weighted by atomic mass is 35.5. The van der Waals surface area contributed by atoms with Crippen molar-refractivity contribution >= 4 is 21.4 Å². The van der Waals surface area contributed by atoms with E-state index in [1.165, 1.54) is 24.8 Å². The van der Waals surface area contributed by atoms with Gasteiger partial charge in [-0.1, -0.05) is 30.2 Å². The molecule has 1 heterocycles. The minimum atomic E-state index is -2.79. The van der Waals surface area contributed by atoms with Crippen LogP contribution >= 0.6 is 11.6 Å². The maximum Gasteiger partial charge on any atom is 0.152 e. The second-order valence-electron chi connectivity index (χ2n) is 6.07. The normalized spacial score (nSPS) is 25.1. The van der Waals surface area contributed by atoms with Gasteiger partial charge < -0.3 is 4.90 Å². The number of sulfone groups is 1. The van der Waals surface area contributed by atoms with E-state index in [9.17, 15) is 8.42 Å². The minimum absolute atomic E-state index is 0.214. The number of hydrogen-bond donors (Lipinski definition) is 0. The maximum absolute atomic E-state index is 11.5. The smallest absolute Gasteiger partial charge is 0.152 e. The van der Waals surface area contributed by atoms with Crippen molar-refractivity contribution in [2.75, 3.05) is 31.1 Å². The molecule has 1 saturated carbocycles. The van der Waals surface area contributed by atoms with E-state index in [-0.39, 0.29) is 5.41 Å². The number of benzene rings is 1. The fourth-order valence-corrected chi connectivity index (χ4v) is 4.68. The van der Waals surface area contributed by atoms with Crippen LogP contribution in [-0.4, -0.2) is 44.5 Å². The van der Waals surface area contributed by atoms with Gasteiger partial charge in [-0.2, -0.15) is 0 Å². The highest BCUT2D eigenvalue weighted by molar-refractivity contribution is 7.91. The van der Waals surface area contributed by atoms with E-state index in [1.54, 1.807) is 0 Å². The lowest BCUT2D eigenvalue weighted by Crippen LogP contribution is -2.50. The predicted octanol–water partition coefficient (Wildman–Crippen LogP) is 2.49. The molecule has 1 aromatic rings. The first-order valence-electron chi connectivity index (χ1n) is 7.18. The molecule has 0 radical (unpaired) electrons. The van der Waals surface area contributed by atoms with Gasteiger partial charge in [0.1, 0.15) is 0 Å². The number of halogens is 1. The maximum atomic E-state index is 11.5. The van der Waals surface area contributed by atoms with E-state index in [2.05, 4.69) is 17.0 Å². The Bertz CT molecular complexity index is 564. The summed E-state index contributed by atoms with van der Waals surface area (Å²) >= 11 is 5.97. The summed E-state index contributed by atoms with van der Waals surface area (Å²) in [4.78, 5) is 2.31. The average molecular weight is 314 g/mol. The average Bonchev–Trinajstić information content (AvgIpc) is 2.37. The molecule has 3 nitrogen and oxygen atoms in total. The van der Waals surface area contributed by atoms with Gasteiger partial charge in [0.05, 0.1) is 11.5 Å². The van der Waals surface area contributed by atoms with Gasteiger partial charge in [-0.15, -0.1) is 0 Å². The summed E-state index contributed by atoms with van der Waals surface area (Å²) in [6.07, 6.45) is 3.64. The third kappa shape index (κ3) is 2.87. The summed E-state index contributed by atoms with van der Waals surface area (Å²) in [7, 11) is -2.79. The Labute approximate surface area is 125 Å². The third-order valence-electron chi connectivity index (χ3n) is 4.73. The van der Waals surface area contributed by atoms with Crippen molar-refractivity contribution in [3.63, 3.8) is 0 Å². The molecule has 1 aliphatic heterocycles. The third-order valence-corrected chi connectivity index (χ3v) is 6.59. The molecule has 20 heavy (non-hydrogen) atoms.